The number of sulfonamides is 1. The normalized spacial score (nSPS) is 12.1. The summed E-state index contributed by atoms with van der Waals surface area (Å²) in [5.41, 5.74) is 4.77. The number of rotatable bonds is 9. The van der Waals surface area contributed by atoms with Crippen molar-refractivity contribution >= 4 is 33.2 Å². The Morgan fingerprint density at radius 2 is 1.55 bits per heavy atom. The van der Waals surface area contributed by atoms with Gasteiger partial charge < -0.3 is 5.32 Å². The zero-order valence-electron chi connectivity index (χ0n) is 21.7. The maximum atomic E-state index is 13.7. The van der Waals surface area contributed by atoms with Gasteiger partial charge in [0.25, 0.3) is 15.9 Å². The summed E-state index contributed by atoms with van der Waals surface area (Å²) in [6.45, 7) is 6.00. The molecule has 1 amide bonds. The molecule has 1 atom stereocenters. The van der Waals surface area contributed by atoms with Crippen LogP contribution in [-0.2, 0) is 16.6 Å². The van der Waals surface area contributed by atoms with Crippen LogP contribution >= 0.6 is 11.6 Å². The van der Waals surface area contributed by atoms with E-state index in [0.717, 1.165) is 23.1 Å². The Kier molecular flexibility index (Phi) is 8.55. The summed E-state index contributed by atoms with van der Waals surface area (Å²) in [5.74, 6) is -0.177. The van der Waals surface area contributed by atoms with E-state index in [9.17, 15) is 13.2 Å². The van der Waals surface area contributed by atoms with Crippen LogP contribution in [0.1, 0.15) is 52.0 Å². The highest BCUT2D eigenvalue weighted by Gasteiger charge is 2.26. The third-order valence-corrected chi connectivity index (χ3v) is 8.52. The summed E-state index contributed by atoms with van der Waals surface area (Å²) in [4.78, 5) is 13.2. The first-order valence-electron chi connectivity index (χ1n) is 12.5. The van der Waals surface area contributed by atoms with Gasteiger partial charge in [0.2, 0.25) is 0 Å². The van der Waals surface area contributed by atoms with Crippen molar-refractivity contribution in [3.63, 3.8) is 0 Å². The molecule has 0 aromatic heterocycles. The Hall–Kier alpha value is -3.61. The van der Waals surface area contributed by atoms with Gasteiger partial charge in [-0.05, 0) is 73.4 Å². The summed E-state index contributed by atoms with van der Waals surface area (Å²) in [7, 11) is -3.88. The first kappa shape index (κ1) is 27.4. The van der Waals surface area contributed by atoms with Crippen LogP contribution < -0.4 is 9.62 Å². The second-order valence-electron chi connectivity index (χ2n) is 9.30. The quantitative estimate of drug-likeness (QED) is 0.241. The van der Waals surface area contributed by atoms with Crippen molar-refractivity contribution in [3.8, 4) is 0 Å². The van der Waals surface area contributed by atoms with E-state index in [1.807, 2.05) is 45.0 Å². The monoisotopic (exact) mass is 546 g/mol. The van der Waals surface area contributed by atoms with Crippen LogP contribution in [0.5, 0.6) is 0 Å². The third kappa shape index (κ3) is 6.26. The lowest BCUT2D eigenvalue weighted by molar-refractivity contribution is 0.0935. The van der Waals surface area contributed by atoms with E-state index >= 15 is 0 Å². The number of aryl methyl sites for hydroxylation is 2. The fraction of sp³-hybridized carbons (Fsp3) is 0.194. The molecule has 1 N–H and O–H groups in total. The van der Waals surface area contributed by atoms with Crippen LogP contribution in [0.3, 0.4) is 0 Å². The fourth-order valence-electron chi connectivity index (χ4n) is 4.26. The van der Waals surface area contributed by atoms with E-state index in [-0.39, 0.29) is 23.4 Å². The number of benzene rings is 4. The lowest BCUT2D eigenvalue weighted by atomic mass is 10.0. The van der Waals surface area contributed by atoms with Gasteiger partial charge in [-0.25, -0.2) is 8.42 Å². The molecule has 0 aliphatic rings. The van der Waals surface area contributed by atoms with Gasteiger partial charge >= 0.3 is 0 Å². The average Bonchev–Trinajstić information content (AvgIpc) is 2.93. The van der Waals surface area contributed by atoms with Crippen molar-refractivity contribution in [2.75, 3.05) is 4.31 Å². The molecular formula is C31H31ClN2O3S. The molecule has 0 spiro atoms. The zero-order chi connectivity index (χ0) is 27.3. The number of halogens is 1. The Balaban J connectivity index is 1.59. The molecule has 38 heavy (non-hydrogen) atoms. The fourth-order valence-corrected chi connectivity index (χ4v) is 5.96. The summed E-state index contributed by atoms with van der Waals surface area (Å²) >= 11 is 6.25. The molecule has 196 valence electrons. The van der Waals surface area contributed by atoms with E-state index in [1.54, 1.807) is 72.8 Å². The van der Waals surface area contributed by atoms with Crippen LogP contribution in [0.2, 0.25) is 5.02 Å². The first-order chi connectivity index (χ1) is 18.2. The lowest BCUT2D eigenvalue weighted by Gasteiger charge is -2.26. The molecule has 0 aliphatic carbocycles. The Bertz CT molecular complexity index is 1500. The minimum atomic E-state index is -3.88. The highest BCUT2D eigenvalue weighted by molar-refractivity contribution is 7.92. The minimum Gasteiger partial charge on any atom is -0.345 e. The molecule has 0 heterocycles. The highest BCUT2D eigenvalue weighted by Crippen LogP contribution is 2.31. The molecule has 1 unspecified atom stereocenters. The van der Waals surface area contributed by atoms with Crippen molar-refractivity contribution in [2.45, 2.75) is 44.7 Å². The van der Waals surface area contributed by atoms with Gasteiger partial charge in [0.15, 0.2) is 0 Å². The van der Waals surface area contributed by atoms with E-state index in [0.29, 0.717) is 16.3 Å². The van der Waals surface area contributed by atoms with Crippen molar-refractivity contribution in [1.82, 2.24) is 5.32 Å². The number of amides is 1. The van der Waals surface area contributed by atoms with E-state index < -0.39 is 10.0 Å². The number of carbonyl (C=O) groups excluding carboxylic acids is 1. The maximum Gasteiger partial charge on any atom is 0.264 e. The van der Waals surface area contributed by atoms with Gasteiger partial charge in [-0.2, -0.15) is 0 Å². The van der Waals surface area contributed by atoms with Gasteiger partial charge in [-0.3, -0.25) is 9.10 Å². The smallest absolute Gasteiger partial charge is 0.264 e. The minimum absolute atomic E-state index is 0.0846. The topological polar surface area (TPSA) is 66.5 Å². The predicted octanol–water partition coefficient (Wildman–Crippen LogP) is 7.23. The number of hydrogen-bond acceptors (Lipinski definition) is 3. The summed E-state index contributed by atoms with van der Waals surface area (Å²) in [6.07, 6.45) is 0.762. The standard InChI is InChI=1S/C31H31ClN2O3S/c1-4-29(25-15-10-22(2)11-16-25)33-31(35)26-17-13-24(14-18-26)21-34(30-20-27(32)19-12-23(30)3)38(36,37)28-8-6-5-7-9-28/h5-20,29H,4,21H2,1-3H3,(H,33,35). The summed E-state index contributed by atoms with van der Waals surface area (Å²) in [6, 6.07) is 28.6. The molecule has 0 fully saturated rings. The molecule has 0 radical (unpaired) electrons. The van der Waals surface area contributed by atoms with Crippen molar-refractivity contribution < 1.29 is 13.2 Å². The number of nitrogens with zero attached hydrogens (tertiary/aromatic N) is 1. The lowest BCUT2D eigenvalue weighted by Crippen LogP contribution is -2.31. The molecule has 7 heteroatoms. The SMILES string of the molecule is CCC(NC(=O)c1ccc(CN(c2cc(Cl)ccc2C)S(=O)(=O)c2ccccc2)cc1)c1ccc(C)cc1. The van der Waals surface area contributed by atoms with Crippen LogP contribution in [0.4, 0.5) is 5.69 Å². The molecule has 0 bridgehead atoms. The molecule has 4 rings (SSSR count). The van der Waals surface area contributed by atoms with E-state index in [1.165, 1.54) is 9.87 Å². The number of anilines is 1. The second-order valence-corrected chi connectivity index (χ2v) is 11.6. The second kappa shape index (κ2) is 11.8. The molecule has 4 aromatic rings. The Morgan fingerprint density at radius 1 is 0.895 bits per heavy atom. The zero-order valence-corrected chi connectivity index (χ0v) is 23.3. The molecular weight excluding hydrogens is 516 g/mol. The van der Waals surface area contributed by atoms with Gasteiger partial charge in [0.05, 0.1) is 23.2 Å². The molecule has 4 aromatic carbocycles. The molecule has 0 saturated heterocycles. The summed E-state index contributed by atoms with van der Waals surface area (Å²) in [5, 5.41) is 3.55. The molecule has 5 nitrogen and oxygen atoms in total. The number of hydrogen-bond donors (Lipinski definition) is 1. The van der Waals surface area contributed by atoms with Gasteiger partial charge in [-0.15, -0.1) is 0 Å². The van der Waals surface area contributed by atoms with E-state index in [2.05, 4.69) is 5.32 Å². The molecule has 0 saturated carbocycles. The maximum absolute atomic E-state index is 13.7. The van der Waals surface area contributed by atoms with Crippen molar-refractivity contribution in [3.05, 3.63) is 130 Å². The van der Waals surface area contributed by atoms with Crippen LogP contribution in [0.25, 0.3) is 0 Å². The average molecular weight is 547 g/mol. The Labute approximate surface area is 230 Å². The largest absolute Gasteiger partial charge is 0.345 e. The van der Waals surface area contributed by atoms with Crippen molar-refractivity contribution in [2.24, 2.45) is 0 Å². The number of carbonyl (C=O) groups is 1. The van der Waals surface area contributed by atoms with Crippen LogP contribution in [0.15, 0.2) is 102 Å². The van der Waals surface area contributed by atoms with Gasteiger partial charge in [0, 0.05) is 10.6 Å². The summed E-state index contributed by atoms with van der Waals surface area (Å²) < 4.78 is 28.8. The highest BCUT2D eigenvalue weighted by atomic mass is 35.5. The third-order valence-electron chi connectivity index (χ3n) is 6.51. The van der Waals surface area contributed by atoms with Gasteiger partial charge in [0.1, 0.15) is 0 Å². The van der Waals surface area contributed by atoms with E-state index in [4.69, 9.17) is 11.6 Å². The van der Waals surface area contributed by atoms with Crippen LogP contribution in [0, 0.1) is 13.8 Å². The number of nitrogens with one attached hydrogen (secondary N) is 1. The van der Waals surface area contributed by atoms with Crippen LogP contribution in [-0.4, -0.2) is 14.3 Å². The Morgan fingerprint density at radius 3 is 2.18 bits per heavy atom. The van der Waals surface area contributed by atoms with Gasteiger partial charge in [-0.1, -0.05) is 84.8 Å². The first-order valence-corrected chi connectivity index (χ1v) is 14.3. The van der Waals surface area contributed by atoms with Crippen molar-refractivity contribution in [1.29, 1.82) is 0 Å². The predicted molar refractivity (Wildman–Crippen MR) is 154 cm³/mol. The molecule has 0 aliphatic heterocycles.